The third kappa shape index (κ3) is 2.97. The second-order valence-corrected chi connectivity index (χ2v) is 5.45. The third-order valence-corrected chi connectivity index (χ3v) is 4.07. The number of nitro benzene ring substituents is 1. The van der Waals surface area contributed by atoms with Gasteiger partial charge in [0, 0.05) is 18.7 Å². The summed E-state index contributed by atoms with van der Waals surface area (Å²) in [7, 11) is 0. The molecule has 1 aliphatic rings. The maximum absolute atomic E-state index is 12.0. The summed E-state index contributed by atoms with van der Waals surface area (Å²) in [6.07, 6.45) is 1.87. The number of benzene rings is 1. The number of carboxylic acid groups (broad SMARTS) is 1. The lowest BCUT2D eigenvalue weighted by Crippen LogP contribution is -2.47. The number of rotatable bonds is 5. The van der Waals surface area contributed by atoms with Crippen molar-refractivity contribution >= 4 is 29.2 Å². The zero-order valence-electron chi connectivity index (χ0n) is 11.0. The van der Waals surface area contributed by atoms with Gasteiger partial charge in [-0.1, -0.05) is 18.0 Å². The molecule has 0 atom stereocenters. The number of carbonyl (C=O) groups excluding carboxylic acids is 1. The van der Waals surface area contributed by atoms with Gasteiger partial charge in [-0.25, -0.2) is 0 Å². The monoisotopic (exact) mass is 312 g/mol. The molecule has 1 saturated carbocycles. The summed E-state index contributed by atoms with van der Waals surface area (Å²) >= 11 is 5.85. The molecule has 0 bridgehead atoms. The highest BCUT2D eigenvalue weighted by Gasteiger charge is 2.44. The van der Waals surface area contributed by atoms with Gasteiger partial charge in [-0.05, 0) is 18.9 Å². The first-order valence-electron chi connectivity index (χ1n) is 6.31. The first kappa shape index (κ1) is 15.2. The van der Waals surface area contributed by atoms with Crippen molar-refractivity contribution in [2.75, 3.05) is 6.54 Å². The van der Waals surface area contributed by atoms with E-state index in [0.29, 0.717) is 12.8 Å². The van der Waals surface area contributed by atoms with E-state index in [1.807, 2.05) is 0 Å². The summed E-state index contributed by atoms with van der Waals surface area (Å²) in [6, 6.07) is 3.52. The van der Waals surface area contributed by atoms with Crippen LogP contribution in [0.15, 0.2) is 18.2 Å². The predicted molar refractivity (Wildman–Crippen MR) is 74.4 cm³/mol. The van der Waals surface area contributed by atoms with Crippen LogP contribution in [-0.2, 0) is 4.79 Å². The third-order valence-electron chi connectivity index (χ3n) is 3.76. The zero-order valence-corrected chi connectivity index (χ0v) is 11.7. The molecule has 1 aromatic carbocycles. The molecule has 21 heavy (non-hydrogen) atoms. The van der Waals surface area contributed by atoms with Gasteiger partial charge < -0.3 is 10.4 Å². The first-order chi connectivity index (χ1) is 9.85. The second-order valence-electron chi connectivity index (χ2n) is 5.04. The fourth-order valence-corrected chi connectivity index (χ4v) is 2.48. The topological polar surface area (TPSA) is 110 Å². The highest BCUT2D eigenvalue weighted by atomic mass is 35.5. The summed E-state index contributed by atoms with van der Waals surface area (Å²) < 4.78 is 0. The Morgan fingerprint density at radius 2 is 2.10 bits per heavy atom. The molecule has 0 saturated heterocycles. The van der Waals surface area contributed by atoms with Gasteiger partial charge in [0.25, 0.3) is 11.6 Å². The molecule has 0 radical (unpaired) electrons. The minimum Gasteiger partial charge on any atom is -0.481 e. The van der Waals surface area contributed by atoms with Gasteiger partial charge in [0.05, 0.1) is 20.9 Å². The van der Waals surface area contributed by atoms with E-state index >= 15 is 0 Å². The molecule has 1 amide bonds. The Hall–Kier alpha value is -2.15. The fraction of sp³-hybridized carbons (Fsp3) is 0.385. The number of nitro groups is 1. The number of carbonyl (C=O) groups is 2. The Labute approximate surface area is 125 Å². The average Bonchev–Trinajstić information content (AvgIpc) is 2.36. The number of halogens is 1. The van der Waals surface area contributed by atoms with E-state index in [0.717, 1.165) is 12.5 Å². The fourth-order valence-electron chi connectivity index (χ4n) is 2.22. The summed E-state index contributed by atoms with van der Waals surface area (Å²) in [5.41, 5.74) is -1.03. The lowest BCUT2D eigenvalue weighted by Gasteiger charge is -2.37. The van der Waals surface area contributed by atoms with Crippen LogP contribution in [0.5, 0.6) is 0 Å². The largest absolute Gasteiger partial charge is 0.481 e. The Kier molecular flexibility index (Phi) is 4.13. The molecule has 0 aromatic heterocycles. The van der Waals surface area contributed by atoms with Crippen molar-refractivity contribution in [3.8, 4) is 0 Å². The van der Waals surface area contributed by atoms with Gasteiger partial charge in [-0.15, -0.1) is 0 Å². The molecule has 0 heterocycles. The second kappa shape index (κ2) is 5.69. The Morgan fingerprint density at radius 1 is 1.43 bits per heavy atom. The summed E-state index contributed by atoms with van der Waals surface area (Å²) in [5, 5.41) is 22.3. The number of hydrogen-bond donors (Lipinski definition) is 2. The Balaban J connectivity index is 2.07. The SMILES string of the molecule is O=C(NCC1(C(=O)O)CCC1)c1ccc([N+](=O)[O-])cc1Cl. The van der Waals surface area contributed by atoms with E-state index in [1.54, 1.807) is 0 Å². The minimum atomic E-state index is -0.927. The quantitative estimate of drug-likeness (QED) is 0.640. The van der Waals surface area contributed by atoms with Crippen LogP contribution in [0.4, 0.5) is 5.69 Å². The smallest absolute Gasteiger partial charge is 0.311 e. The van der Waals surface area contributed by atoms with Gasteiger partial charge in [0.15, 0.2) is 0 Å². The molecule has 2 N–H and O–H groups in total. The molecule has 112 valence electrons. The molecule has 0 unspecified atom stereocenters. The van der Waals surface area contributed by atoms with E-state index in [9.17, 15) is 19.7 Å². The molecular weight excluding hydrogens is 300 g/mol. The molecule has 0 spiro atoms. The molecule has 1 aromatic rings. The summed E-state index contributed by atoms with van der Waals surface area (Å²) in [4.78, 5) is 33.2. The number of non-ortho nitro benzene ring substituents is 1. The maximum Gasteiger partial charge on any atom is 0.311 e. The maximum atomic E-state index is 12.0. The van der Waals surface area contributed by atoms with Crippen molar-refractivity contribution in [2.24, 2.45) is 5.41 Å². The normalized spacial score (nSPS) is 15.9. The lowest BCUT2D eigenvalue weighted by molar-refractivity contribution is -0.384. The number of amides is 1. The van der Waals surface area contributed by atoms with E-state index < -0.39 is 22.2 Å². The average molecular weight is 313 g/mol. The molecule has 8 heteroatoms. The molecule has 1 aliphatic carbocycles. The van der Waals surface area contributed by atoms with E-state index in [4.69, 9.17) is 16.7 Å². The molecule has 0 aliphatic heterocycles. The summed E-state index contributed by atoms with van der Waals surface area (Å²) in [6.45, 7) is 0.0223. The van der Waals surface area contributed by atoms with Crippen LogP contribution in [0.2, 0.25) is 5.02 Å². The summed E-state index contributed by atoms with van der Waals surface area (Å²) in [5.74, 6) is -1.47. The number of carboxylic acids is 1. The van der Waals surface area contributed by atoms with Crippen LogP contribution < -0.4 is 5.32 Å². The molecule has 1 fully saturated rings. The highest BCUT2D eigenvalue weighted by Crippen LogP contribution is 2.40. The van der Waals surface area contributed by atoms with E-state index in [-0.39, 0.29) is 22.8 Å². The van der Waals surface area contributed by atoms with Crippen molar-refractivity contribution in [3.05, 3.63) is 38.9 Å². The van der Waals surface area contributed by atoms with E-state index in [2.05, 4.69) is 5.32 Å². The van der Waals surface area contributed by atoms with Gasteiger partial charge in [0.1, 0.15) is 0 Å². The molecule has 7 nitrogen and oxygen atoms in total. The highest BCUT2D eigenvalue weighted by molar-refractivity contribution is 6.34. The number of hydrogen-bond acceptors (Lipinski definition) is 4. The van der Waals surface area contributed by atoms with Crippen molar-refractivity contribution in [1.29, 1.82) is 0 Å². The van der Waals surface area contributed by atoms with Crippen LogP contribution in [0.1, 0.15) is 29.6 Å². The van der Waals surface area contributed by atoms with Gasteiger partial charge in [-0.3, -0.25) is 19.7 Å². The molecule has 2 rings (SSSR count). The zero-order chi connectivity index (χ0) is 15.6. The lowest BCUT2D eigenvalue weighted by atomic mass is 9.69. The van der Waals surface area contributed by atoms with Crippen molar-refractivity contribution in [3.63, 3.8) is 0 Å². The Morgan fingerprint density at radius 3 is 2.52 bits per heavy atom. The van der Waals surface area contributed by atoms with Crippen molar-refractivity contribution in [2.45, 2.75) is 19.3 Å². The number of nitrogens with one attached hydrogen (secondary N) is 1. The van der Waals surface area contributed by atoms with Crippen LogP contribution in [0.25, 0.3) is 0 Å². The van der Waals surface area contributed by atoms with Crippen molar-refractivity contribution < 1.29 is 19.6 Å². The van der Waals surface area contributed by atoms with Gasteiger partial charge in [-0.2, -0.15) is 0 Å². The number of aliphatic carboxylic acids is 1. The minimum absolute atomic E-state index is 0.0223. The standard InChI is InChI=1S/C13H13ClN2O5/c14-10-6-8(16(20)21)2-3-9(10)11(17)15-7-13(12(18)19)4-1-5-13/h2-3,6H,1,4-5,7H2,(H,15,17)(H,18,19). The van der Waals surface area contributed by atoms with Crippen molar-refractivity contribution in [1.82, 2.24) is 5.32 Å². The predicted octanol–water partition coefficient (Wildman–Crippen LogP) is 2.23. The van der Waals surface area contributed by atoms with Crippen LogP contribution >= 0.6 is 11.6 Å². The van der Waals surface area contributed by atoms with Crippen LogP contribution in [0.3, 0.4) is 0 Å². The molecular formula is C13H13ClN2O5. The van der Waals surface area contributed by atoms with Crippen LogP contribution in [0, 0.1) is 15.5 Å². The van der Waals surface area contributed by atoms with Crippen LogP contribution in [-0.4, -0.2) is 28.5 Å². The van der Waals surface area contributed by atoms with E-state index in [1.165, 1.54) is 12.1 Å². The van der Waals surface area contributed by atoms with Gasteiger partial charge in [0.2, 0.25) is 0 Å². The van der Waals surface area contributed by atoms with Gasteiger partial charge >= 0.3 is 5.97 Å². The Bertz CT molecular complexity index is 613. The number of nitrogens with zero attached hydrogens (tertiary/aromatic N) is 1. The first-order valence-corrected chi connectivity index (χ1v) is 6.69.